The summed E-state index contributed by atoms with van der Waals surface area (Å²) in [5, 5.41) is 6.39. The van der Waals surface area contributed by atoms with Gasteiger partial charge in [-0.05, 0) is 56.3 Å². The molecule has 2 rings (SSSR count). The van der Waals surface area contributed by atoms with Gasteiger partial charge in [0.25, 0.3) is 0 Å². The molecule has 0 aliphatic carbocycles. The summed E-state index contributed by atoms with van der Waals surface area (Å²) in [6, 6.07) is 14.7. The molecule has 2 aromatic carbocycles. The summed E-state index contributed by atoms with van der Waals surface area (Å²) in [5.41, 5.74) is 1.99. The van der Waals surface area contributed by atoms with Gasteiger partial charge in [0.15, 0.2) is 5.96 Å². The van der Waals surface area contributed by atoms with E-state index in [0.29, 0.717) is 19.0 Å². The van der Waals surface area contributed by atoms with Gasteiger partial charge in [0, 0.05) is 13.6 Å². The lowest BCUT2D eigenvalue weighted by atomic mass is 10.2. The van der Waals surface area contributed by atoms with Crippen molar-refractivity contribution in [2.24, 2.45) is 4.99 Å². The Hall–Kier alpha value is -2.58. The van der Waals surface area contributed by atoms with Crippen molar-refractivity contribution in [3.05, 3.63) is 59.7 Å². The van der Waals surface area contributed by atoms with Crippen LogP contribution in [0, 0.1) is 6.92 Å². The second kappa shape index (κ2) is 10.1. The molecule has 3 N–H and O–H groups in total. The standard InChI is InChI=1S/C20H28N4O3S/c1-15-7-5-9-18(11-15)27-16(2)13-23-20(21-3)24-14-17-8-6-10-19(12-17)28(25,26)22-4/h5-12,16,22H,13-14H2,1-4H3,(H2,21,23,24). The number of aliphatic imine (C=N–C) groups is 1. The van der Waals surface area contributed by atoms with E-state index in [4.69, 9.17) is 4.74 Å². The van der Waals surface area contributed by atoms with Gasteiger partial charge in [-0.2, -0.15) is 0 Å². The van der Waals surface area contributed by atoms with E-state index >= 15 is 0 Å². The molecule has 0 aliphatic heterocycles. The summed E-state index contributed by atoms with van der Waals surface area (Å²) in [7, 11) is -0.381. The molecule has 1 unspecified atom stereocenters. The molecule has 0 fully saturated rings. The Morgan fingerprint density at radius 1 is 1.14 bits per heavy atom. The van der Waals surface area contributed by atoms with Crippen LogP contribution in [0.15, 0.2) is 58.4 Å². The Bertz CT molecular complexity index is 913. The number of nitrogens with zero attached hydrogens (tertiary/aromatic N) is 1. The van der Waals surface area contributed by atoms with Gasteiger partial charge in [-0.25, -0.2) is 13.1 Å². The minimum atomic E-state index is -3.46. The Morgan fingerprint density at radius 3 is 2.57 bits per heavy atom. The van der Waals surface area contributed by atoms with E-state index in [1.54, 1.807) is 25.2 Å². The molecule has 152 valence electrons. The molecule has 2 aromatic rings. The summed E-state index contributed by atoms with van der Waals surface area (Å²) in [6.45, 7) is 5.02. The van der Waals surface area contributed by atoms with Crippen LogP contribution in [0.25, 0.3) is 0 Å². The lowest BCUT2D eigenvalue weighted by Crippen LogP contribution is -2.41. The summed E-state index contributed by atoms with van der Waals surface area (Å²) in [4.78, 5) is 4.43. The number of hydrogen-bond donors (Lipinski definition) is 3. The molecule has 0 saturated heterocycles. The third kappa shape index (κ3) is 6.54. The SMILES string of the molecule is CN=C(NCc1cccc(S(=O)(=O)NC)c1)NCC(C)Oc1cccc(C)c1. The van der Waals surface area contributed by atoms with Crippen LogP contribution >= 0.6 is 0 Å². The second-order valence-corrected chi connectivity index (χ2v) is 8.29. The first-order valence-corrected chi connectivity index (χ1v) is 10.5. The normalized spacial score (nSPS) is 13.1. The fraction of sp³-hybridized carbons (Fsp3) is 0.350. The number of nitrogens with one attached hydrogen (secondary N) is 3. The van der Waals surface area contributed by atoms with E-state index in [9.17, 15) is 8.42 Å². The fourth-order valence-electron chi connectivity index (χ4n) is 2.55. The predicted octanol–water partition coefficient (Wildman–Crippen LogP) is 2.04. The summed E-state index contributed by atoms with van der Waals surface area (Å²) in [5.74, 6) is 1.45. The minimum absolute atomic E-state index is 0.0514. The third-order valence-corrected chi connectivity index (χ3v) is 5.46. The van der Waals surface area contributed by atoms with Crippen LogP contribution in [0.4, 0.5) is 0 Å². The molecule has 0 bridgehead atoms. The van der Waals surface area contributed by atoms with Crippen LogP contribution in [-0.2, 0) is 16.6 Å². The van der Waals surface area contributed by atoms with Crippen LogP contribution in [0.1, 0.15) is 18.1 Å². The zero-order valence-electron chi connectivity index (χ0n) is 16.7. The van der Waals surface area contributed by atoms with Crippen LogP contribution in [0.3, 0.4) is 0 Å². The maximum absolute atomic E-state index is 11.9. The van der Waals surface area contributed by atoms with E-state index in [1.165, 1.54) is 7.05 Å². The summed E-state index contributed by atoms with van der Waals surface area (Å²) < 4.78 is 32.0. The number of aryl methyl sites for hydroxylation is 1. The van der Waals surface area contributed by atoms with Crippen molar-refractivity contribution in [3.8, 4) is 5.75 Å². The highest BCUT2D eigenvalue weighted by Gasteiger charge is 2.11. The Morgan fingerprint density at radius 2 is 1.89 bits per heavy atom. The molecule has 8 heteroatoms. The van der Waals surface area contributed by atoms with Gasteiger partial charge in [0.05, 0.1) is 11.4 Å². The van der Waals surface area contributed by atoms with Crippen molar-refractivity contribution in [2.45, 2.75) is 31.4 Å². The monoisotopic (exact) mass is 404 g/mol. The fourth-order valence-corrected chi connectivity index (χ4v) is 3.35. The topological polar surface area (TPSA) is 91.8 Å². The van der Waals surface area contributed by atoms with Gasteiger partial charge in [-0.15, -0.1) is 0 Å². The summed E-state index contributed by atoms with van der Waals surface area (Å²) in [6.07, 6.45) is -0.0514. The first-order chi connectivity index (χ1) is 13.3. The van der Waals surface area contributed by atoms with Crippen LogP contribution in [0.5, 0.6) is 5.75 Å². The first kappa shape index (κ1) is 21.7. The van der Waals surface area contributed by atoms with Crippen LogP contribution in [0.2, 0.25) is 0 Å². The number of sulfonamides is 1. The number of rotatable bonds is 8. The van der Waals surface area contributed by atoms with Crippen LogP contribution in [-0.4, -0.2) is 41.1 Å². The average molecular weight is 405 g/mol. The van der Waals surface area contributed by atoms with Crippen molar-refractivity contribution in [2.75, 3.05) is 20.6 Å². The molecule has 0 amide bonds. The molecular formula is C20H28N4O3S. The van der Waals surface area contributed by atoms with Crippen molar-refractivity contribution in [1.29, 1.82) is 0 Å². The van der Waals surface area contributed by atoms with Crippen LogP contribution < -0.4 is 20.1 Å². The average Bonchev–Trinajstić information content (AvgIpc) is 2.68. The number of ether oxygens (including phenoxy) is 1. The van der Waals surface area contributed by atoms with Gasteiger partial charge >= 0.3 is 0 Å². The highest BCUT2D eigenvalue weighted by Crippen LogP contribution is 2.14. The van der Waals surface area contributed by atoms with Gasteiger partial charge in [0.1, 0.15) is 11.9 Å². The molecule has 0 heterocycles. The van der Waals surface area contributed by atoms with Crippen molar-refractivity contribution in [1.82, 2.24) is 15.4 Å². The first-order valence-electron chi connectivity index (χ1n) is 9.04. The zero-order chi connectivity index (χ0) is 20.6. The van der Waals surface area contributed by atoms with Crippen molar-refractivity contribution in [3.63, 3.8) is 0 Å². The summed E-state index contributed by atoms with van der Waals surface area (Å²) >= 11 is 0. The Kier molecular flexibility index (Phi) is 7.83. The van der Waals surface area contributed by atoms with Gasteiger partial charge in [-0.1, -0.05) is 24.3 Å². The number of guanidine groups is 1. The van der Waals surface area contributed by atoms with Gasteiger partial charge in [-0.3, -0.25) is 4.99 Å². The van der Waals surface area contributed by atoms with E-state index in [-0.39, 0.29) is 11.0 Å². The third-order valence-electron chi connectivity index (χ3n) is 4.04. The Balaban J connectivity index is 1.87. The largest absolute Gasteiger partial charge is 0.489 e. The lowest BCUT2D eigenvalue weighted by molar-refractivity contribution is 0.223. The number of benzene rings is 2. The van der Waals surface area contributed by atoms with E-state index in [0.717, 1.165) is 16.9 Å². The molecule has 0 aliphatic rings. The molecule has 0 aromatic heterocycles. The highest BCUT2D eigenvalue weighted by molar-refractivity contribution is 7.89. The molecule has 0 radical (unpaired) electrons. The maximum Gasteiger partial charge on any atom is 0.240 e. The molecule has 0 spiro atoms. The molecule has 0 saturated carbocycles. The maximum atomic E-state index is 11.9. The zero-order valence-corrected chi connectivity index (χ0v) is 17.5. The minimum Gasteiger partial charge on any atom is -0.489 e. The molecule has 1 atom stereocenters. The smallest absolute Gasteiger partial charge is 0.240 e. The van der Waals surface area contributed by atoms with E-state index < -0.39 is 10.0 Å². The van der Waals surface area contributed by atoms with E-state index in [2.05, 4.69) is 20.3 Å². The predicted molar refractivity (Wildman–Crippen MR) is 112 cm³/mol. The number of hydrogen-bond acceptors (Lipinski definition) is 4. The molecular weight excluding hydrogens is 376 g/mol. The quantitative estimate of drug-likeness (QED) is 0.463. The van der Waals surface area contributed by atoms with Crippen molar-refractivity contribution >= 4 is 16.0 Å². The molecule has 7 nitrogen and oxygen atoms in total. The molecule has 28 heavy (non-hydrogen) atoms. The second-order valence-electron chi connectivity index (χ2n) is 6.41. The van der Waals surface area contributed by atoms with Gasteiger partial charge < -0.3 is 15.4 Å². The van der Waals surface area contributed by atoms with E-state index in [1.807, 2.05) is 44.2 Å². The lowest BCUT2D eigenvalue weighted by Gasteiger charge is -2.18. The highest BCUT2D eigenvalue weighted by atomic mass is 32.2. The van der Waals surface area contributed by atoms with Gasteiger partial charge in [0.2, 0.25) is 10.0 Å². The Labute approximate surface area is 167 Å². The van der Waals surface area contributed by atoms with Crippen molar-refractivity contribution < 1.29 is 13.2 Å².